The number of para-hydroxylation sites is 1. The molecule has 1 spiro atoms. The van der Waals surface area contributed by atoms with Crippen molar-refractivity contribution in [3.63, 3.8) is 0 Å². The Morgan fingerprint density at radius 3 is 2.80 bits per heavy atom. The minimum absolute atomic E-state index is 0.0925. The van der Waals surface area contributed by atoms with Gasteiger partial charge in [0.2, 0.25) is 0 Å². The van der Waals surface area contributed by atoms with Gasteiger partial charge in [-0.3, -0.25) is 0 Å². The van der Waals surface area contributed by atoms with E-state index >= 15 is 0 Å². The lowest BCUT2D eigenvalue weighted by atomic mass is 9.98. The second-order valence-electron chi connectivity index (χ2n) is 5.78. The van der Waals surface area contributed by atoms with Gasteiger partial charge in [0, 0.05) is 0 Å². The van der Waals surface area contributed by atoms with Crippen LogP contribution in [0.25, 0.3) is 0 Å². The number of benzene rings is 1. The van der Waals surface area contributed by atoms with Crippen molar-refractivity contribution in [3.05, 3.63) is 29.8 Å². The van der Waals surface area contributed by atoms with E-state index in [0.717, 1.165) is 25.7 Å². The number of hydrogen-bond donors (Lipinski definition) is 1. The molecular weight excluding hydrogens is 256 g/mol. The Morgan fingerprint density at radius 2 is 2.05 bits per heavy atom. The molecule has 1 aliphatic carbocycles. The summed E-state index contributed by atoms with van der Waals surface area (Å²) in [5.41, 5.74) is 0.307. The van der Waals surface area contributed by atoms with E-state index in [-0.39, 0.29) is 17.3 Å². The summed E-state index contributed by atoms with van der Waals surface area (Å²) in [7, 11) is 0. The maximum atomic E-state index is 11.1. The van der Waals surface area contributed by atoms with Gasteiger partial charge in [-0.2, -0.15) is 0 Å². The molecule has 1 aromatic carbocycles. The minimum atomic E-state index is -0.958. The molecule has 1 N–H and O–H groups in total. The van der Waals surface area contributed by atoms with Gasteiger partial charge in [0.15, 0.2) is 0 Å². The van der Waals surface area contributed by atoms with E-state index in [9.17, 15) is 4.79 Å². The van der Waals surface area contributed by atoms with Crippen molar-refractivity contribution >= 4 is 5.97 Å². The van der Waals surface area contributed by atoms with Gasteiger partial charge in [0.05, 0.1) is 11.7 Å². The minimum Gasteiger partial charge on any atom is -0.490 e. The number of ether oxygens (including phenoxy) is 2. The normalized spacial score (nSPS) is 24.1. The fourth-order valence-corrected chi connectivity index (χ4v) is 3.35. The van der Waals surface area contributed by atoms with E-state index < -0.39 is 5.97 Å². The Labute approximate surface area is 118 Å². The zero-order valence-corrected chi connectivity index (χ0v) is 11.5. The molecule has 1 saturated heterocycles. The van der Waals surface area contributed by atoms with Crippen LogP contribution in [0.4, 0.5) is 0 Å². The molecular formula is C16H20O4. The second kappa shape index (κ2) is 5.44. The van der Waals surface area contributed by atoms with Crippen molar-refractivity contribution in [2.24, 2.45) is 0 Å². The first kappa shape index (κ1) is 13.4. The largest absolute Gasteiger partial charge is 0.490 e. The summed E-state index contributed by atoms with van der Waals surface area (Å²) in [6.07, 6.45) is 7.06. The van der Waals surface area contributed by atoms with Gasteiger partial charge >= 0.3 is 5.97 Å². The highest BCUT2D eigenvalue weighted by Gasteiger charge is 2.42. The Kier molecular flexibility index (Phi) is 3.66. The topological polar surface area (TPSA) is 55.8 Å². The standard InChI is InChI=1S/C16H20O4/c17-15(18)13-5-1-2-6-14(13)19-11-12-7-10-16(20-12)8-3-4-9-16/h1-2,5-6,12H,3-4,7-11H2,(H,17,18). The first-order valence-corrected chi connectivity index (χ1v) is 7.31. The SMILES string of the molecule is O=C(O)c1ccccc1OCC1CCC2(CCCC2)O1. The van der Waals surface area contributed by atoms with Gasteiger partial charge in [-0.1, -0.05) is 25.0 Å². The summed E-state index contributed by atoms with van der Waals surface area (Å²) in [5.74, 6) is -0.531. The Bertz CT molecular complexity index is 491. The molecule has 2 fully saturated rings. The molecule has 3 rings (SSSR count). The van der Waals surface area contributed by atoms with Crippen LogP contribution in [0.1, 0.15) is 48.9 Å². The Balaban J connectivity index is 1.59. The summed E-state index contributed by atoms with van der Waals surface area (Å²) in [6.45, 7) is 0.437. The number of hydrogen-bond acceptors (Lipinski definition) is 3. The molecule has 1 unspecified atom stereocenters. The highest BCUT2D eigenvalue weighted by atomic mass is 16.6. The lowest BCUT2D eigenvalue weighted by molar-refractivity contribution is -0.0509. The van der Waals surface area contributed by atoms with Crippen molar-refractivity contribution in [1.82, 2.24) is 0 Å². The predicted molar refractivity (Wildman–Crippen MR) is 74.2 cm³/mol. The van der Waals surface area contributed by atoms with Crippen LogP contribution in [0.15, 0.2) is 24.3 Å². The molecule has 20 heavy (non-hydrogen) atoms. The first-order chi connectivity index (χ1) is 9.69. The van der Waals surface area contributed by atoms with Crippen molar-refractivity contribution < 1.29 is 19.4 Å². The summed E-state index contributed by atoms with van der Waals surface area (Å²) in [5, 5.41) is 9.11. The van der Waals surface area contributed by atoms with Crippen LogP contribution >= 0.6 is 0 Å². The van der Waals surface area contributed by atoms with E-state index in [2.05, 4.69) is 0 Å². The van der Waals surface area contributed by atoms with Crippen LogP contribution in [0.2, 0.25) is 0 Å². The predicted octanol–water partition coefficient (Wildman–Crippen LogP) is 3.26. The van der Waals surface area contributed by atoms with Gasteiger partial charge in [-0.25, -0.2) is 4.79 Å². The maximum absolute atomic E-state index is 11.1. The van der Waals surface area contributed by atoms with Gasteiger partial charge in [0.25, 0.3) is 0 Å². The van der Waals surface area contributed by atoms with Crippen LogP contribution in [0.3, 0.4) is 0 Å². The number of rotatable bonds is 4. The lowest BCUT2D eigenvalue weighted by Crippen LogP contribution is -2.27. The van der Waals surface area contributed by atoms with Gasteiger partial charge in [0.1, 0.15) is 17.9 Å². The van der Waals surface area contributed by atoms with Crippen molar-refractivity contribution in [2.75, 3.05) is 6.61 Å². The molecule has 1 heterocycles. The molecule has 108 valence electrons. The molecule has 1 atom stereocenters. The molecule has 1 aromatic rings. The summed E-state index contributed by atoms with van der Waals surface area (Å²) >= 11 is 0. The summed E-state index contributed by atoms with van der Waals surface area (Å²) < 4.78 is 11.8. The summed E-state index contributed by atoms with van der Waals surface area (Å²) in [4.78, 5) is 11.1. The van der Waals surface area contributed by atoms with Crippen molar-refractivity contribution in [3.8, 4) is 5.75 Å². The van der Waals surface area contributed by atoms with Crippen molar-refractivity contribution in [2.45, 2.75) is 50.2 Å². The average Bonchev–Trinajstić information content (AvgIpc) is 3.07. The zero-order valence-electron chi connectivity index (χ0n) is 11.5. The number of carboxylic acids is 1. The van der Waals surface area contributed by atoms with Crippen LogP contribution in [-0.2, 0) is 4.74 Å². The highest BCUT2D eigenvalue weighted by Crippen LogP contribution is 2.43. The molecule has 0 bridgehead atoms. The van der Waals surface area contributed by atoms with E-state index in [1.807, 2.05) is 0 Å². The van der Waals surface area contributed by atoms with Crippen LogP contribution < -0.4 is 4.74 Å². The third-order valence-electron chi connectivity index (χ3n) is 4.40. The molecule has 2 aliphatic rings. The Morgan fingerprint density at radius 1 is 1.30 bits per heavy atom. The molecule has 0 amide bonds. The molecule has 1 saturated carbocycles. The van der Waals surface area contributed by atoms with Crippen LogP contribution in [-0.4, -0.2) is 29.4 Å². The maximum Gasteiger partial charge on any atom is 0.339 e. The number of carboxylic acid groups (broad SMARTS) is 1. The smallest absolute Gasteiger partial charge is 0.339 e. The number of carbonyl (C=O) groups is 1. The average molecular weight is 276 g/mol. The monoisotopic (exact) mass is 276 g/mol. The Hall–Kier alpha value is -1.55. The van der Waals surface area contributed by atoms with Crippen LogP contribution in [0.5, 0.6) is 5.75 Å². The van der Waals surface area contributed by atoms with Gasteiger partial charge in [-0.15, -0.1) is 0 Å². The molecule has 4 heteroatoms. The van der Waals surface area contributed by atoms with E-state index in [0.29, 0.717) is 12.4 Å². The first-order valence-electron chi connectivity index (χ1n) is 7.31. The molecule has 0 radical (unpaired) electrons. The fraction of sp³-hybridized carbons (Fsp3) is 0.562. The van der Waals surface area contributed by atoms with Gasteiger partial charge in [-0.05, 0) is 37.8 Å². The second-order valence-corrected chi connectivity index (χ2v) is 5.78. The van der Waals surface area contributed by atoms with Crippen molar-refractivity contribution in [1.29, 1.82) is 0 Å². The van der Waals surface area contributed by atoms with E-state index in [4.69, 9.17) is 14.6 Å². The molecule has 0 aromatic heterocycles. The number of aromatic carboxylic acids is 1. The third kappa shape index (κ3) is 2.66. The zero-order chi connectivity index (χ0) is 14.0. The molecule has 4 nitrogen and oxygen atoms in total. The quantitative estimate of drug-likeness (QED) is 0.917. The third-order valence-corrected chi connectivity index (χ3v) is 4.40. The molecule has 1 aliphatic heterocycles. The van der Waals surface area contributed by atoms with Gasteiger partial charge < -0.3 is 14.6 Å². The highest BCUT2D eigenvalue weighted by molar-refractivity contribution is 5.90. The lowest BCUT2D eigenvalue weighted by Gasteiger charge is -2.23. The summed E-state index contributed by atoms with van der Waals surface area (Å²) in [6, 6.07) is 6.75. The van der Waals surface area contributed by atoms with E-state index in [1.54, 1.807) is 24.3 Å². The fourth-order valence-electron chi connectivity index (χ4n) is 3.35. The van der Waals surface area contributed by atoms with E-state index in [1.165, 1.54) is 12.8 Å². The van der Waals surface area contributed by atoms with Crippen LogP contribution in [0, 0.1) is 0 Å².